The summed E-state index contributed by atoms with van der Waals surface area (Å²) in [5.74, 6) is 0.783. The summed E-state index contributed by atoms with van der Waals surface area (Å²) in [6, 6.07) is 5.91. The Kier molecular flexibility index (Phi) is 4.45. The van der Waals surface area contributed by atoms with Crippen molar-refractivity contribution in [1.82, 2.24) is 9.47 Å². The number of hydrogen-bond donors (Lipinski definition) is 0. The van der Waals surface area contributed by atoms with E-state index in [2.05, 4.69) is 23.6 Å². The van der Waals surface area contributed by atoms with Gasteiger partial charge in [0.2, 0.25) is 0 Å². The van der Waals surface area contributed by atoms with Crippen LogP contribution >= 0.6 is 0 Å². The van der Waals surface area contributed by atoms with Crippen molar-refractivity contribution in [2.45, 2.75) is 19.9 Å². The summed E-state index contributed by atoms with van der Waals surface area (Å²) < 4.78 is 7.48. The molecule has 0 N–H and O–H groups in total. The zero-order valence-electron chi connectivity index (χ0n) is 12.6. The molecule has 1 aromatic carbocycles. The van der Waals surface area contributed by atoms with E-state index in [1.54, 1.807) is 7.11 Å². The van der Waals surface area contributed by atoms with Crippen molar-refractivity contribution < 1.29 is 9.53 Å². The smallest absolute Gasteiger partial charge is 0.152 e. The van der Waals surface area contributed by atoms with Gasteiger partial charge in [-0.25, -0.2) is 0 Å². The highest BCUT2D eigenvalue weighted by molar-refractivity contribution is 6.00. The number of aryl methyl sites for hydroxylation is 1. The minimum atomic E-state index is 0.767. The molecule has 0 saturated carbocycles. The van der Waals surface area contributed by atoms with Gasteiger partial charge in [0.05, 0.1) is 7.11 Å². The van der Waals surface area contributed by atoms with E-state index in [1.165, 1.54) is 0 Å². The molecule has 0 atom stereocenters. The van der Waals surface area contributed by atoms with Crippen molar-refractivity contribution in [2.75, 3.05) is 27.7 Å². The third-order valence-corrected chi connectivity index (χ3v) is 3.68. The van der Waals surface area contributed by atoms with Gasteiger partial charge in [0.25, 0.3) is 0 Å². The molecule has 0 unspecified atom stereocenters. The molecule has 20 heavy (non-hydrogen) atoms. The van der Waals surface area contributed by atoms with Gasteiger partial charge in [-0.05, 0) is 52.2 Å². The number of methoxy groups -OCH3 is 1. The van der Waals surface area contributed by atoms with Gasteiger partial charge in [0.1, 0.15) is 5.75 Å². The van der Waals surface area contributed by atoms with Gasteiger partial charge < -0.3 is 14.2 Å². The van der Waals surface area contributed by atoms with Gasteiger partial charge >= 0.3 is 0 Å². The van der Waals surface area contributed by atoms with E-state index in [4.69, 9.17) is 4.74 Å². The van der Waals surface area contributed by atoms with Crippen LogP contribution in [0.3, 0.4) is 0 Å². The average Bonchev–Trinajstić information content (AvgIpc) is 2.69. The minimum Gasteiger partial charge on any atom is -0.497 e. The molecular weight excluding hydrogens is 252 g/mol. The Morgan fingerprint density at radius 1 is 1.35 bits per heavy atom. The van der Waals surface area contributed by atoms with Crippen LogP contribution in [0.1, 0.15) is 22.5 Å². The first-order chi connectivity index (χ1) is 9.58. The Hall–Kier alpha value is -1.81. The van der Waals surface area contributed by atoms with E-state index >= 15 is 0 Å². The van der Waals surface area contributed by atoms with Crippen LogP contribution < -0.4 is 4.74 Å². The Labute approximate surface area is 119 Å². The highest BCUT2D eigenvalue weighted by atomic mass is 16.5. The number of carbonyl (C=O) groups excluding carboxylic acids is 1. The van der Waals surface area contributed by atoms with Gasteiger partial charge in [-0.3, -0.25) is 4.79 Å². The first kappa shape index (κ1) is 14.6. The zero-order chi connectivity index (χ0) is 14.7. The molecule has 4 nitrogen and oxygen atoms in total. The highest BCUT2D eigenvalue weighted by Gasteiger charge is 2.14. The molecule has 0 aliphatic rings. The monoisotopic (exact) mass is 274 g/mol. The van der Waals surface area contributed by atoms with E-state index in [0.717, 1.165) is 53.7 Å². The fourth-order valence-corrected chi connectivity index (χ4v) is 2.60. The molecule has 0 bridgehead atoms. The number of rotatable bonds is 6. The molecule has 2 aromatic rings. The lowest BCUT2D eigenvalue weighted by atomic mass is 10.1. The molecule has 1 heterocycles. The largest absolute Gasteiger partial charge is 0.497 e. The van der Waals surface area contributed by atoms with Crippen molar-refractivity contribution in [2.24, 2.45) is 0 Å². The molecule has 0 radical (unpaired) electrons. The van der Waals surface area contributed by atoms with Crippen molar-refractivity contribution >= 4 is 17.2 Å². The predicted octanol–water partition coefficient (Wildman–Crippen LogP) is 2.72. The number of fused-ring (bicyclic) bond motifs is 1. The lowest BCUT2D eigenvalue weighted by Crippen LogP contribution is -2.15. The zero-order valence-corrected chi connectivity index (χ0v) is 12.6. The van der Waals surface area contributed by atoms with Crippen LogP contribution in [0.25, 0.3) is 10.9 Å². The maximum absolute atomic E-state index is 11.4. The topological polar surface area (TPSA) is 34.5 Å². The molecule has 0 aliphatic carbocycles. The van der Waals surface area contributed by atoms with E-state index in [0.29, 0.717) is 0 Å². The van der Waals surface area contributed by atoms with Crippen LogP contribution in [0.15, 0.2) is 18.2 Å². The second kappa shape index (κ2) is 6.09. The molecule has 0 amide bonds. The standard InChI is InChI=1S/C16H22N2O2/c1-12-15(11-19)14-10-13(20-4)6-7-16(14)18(12)9-5-8-17(2)3/h6-7,10-11H,5,8-9H2,1-4H3. The Morgan fingerprint density at radius 3 is 2.70 bits per heavy atom. The van der Waals surface area contributed by atoms with E-state index in [1.807, 2.05) is 25.1 Å². The van der Waals surface area contributed by atoms with Crippen molar-refractivity contribution in [1.29, 1.82) is 0 Å². The van der Waals surface area contributed by atoms with Gasteiger partial charge in [0.15, 0.2) is 6.29 Å². The molecule has 108 valence electrons. The number of benzene rings is 1. The van der Waals surface area contributed by atoms with Crippen molar-refractivity contribution in [3.8, 4) is 5.75 Å². The second-order valence-corrected chi connectivity index (χ2v) is 5.31. The number of nitrogens with zero attached hydrogens (tertiary/aromatic N) is 2. The molecular formula is C16H22N2O2. The fraction of sp³-hybridized carbons (Fsp3) is 0.438. The lowest BCUT2D eigenvalue weighted by Gasteiger charge is -2.12. The first-order valence-electron chi connectivity index (χ1n) is 6.85. The SMILES string of the molecule is COc1ccc2c(c1)c(C=O)c(C)n2CCCN(C)C. The Bertz CT molecular complexity index is 614. The summed E-state index contributed by atoms with van der Waals surface area (Å²) in [4.78, 5) is 13.5. The van der Waals surface area contributed by atoms with E-state index in [-0.39, 0.29) is 0 Å². The van der Waals surface area contributed by atoms with Crippen LogP contribution in [-0.4, -0.2) is 43.5 Å². The summed E-state index contributed by atoms with van der Waals surface area (Å²) in [6.07, 6.45) is 2.00. The van der Waals surface area contributed by atoms with Gasteiger partial charge in [0, 0.05) is 28.7 Å². The maximum atomic E-state index is 11.4. The number of carbonyl (C=O) groups is 1. The fourth-order valence-electron chi connectivity index (χ4n) is 2.60. The average molecular weight is 274 g/mol. The molecule has 1 aromatic heterocycles. The maximum Gasteiger partial charge on any atom is 0.152 e. The quantitative estimate of drug-likeness (QED) is 0.760. The molecule has 0 fully saturated rings. The van der Waals surface area contributed by atoms with Crippen LogP contribution in [0, 0.1) is 6.92 Å². The number of hydrogen-bond acceptors (Lipinski definition) is 3. The summed E-state index contributed by atoms with van der Waals surface area (Å²) in [6.45, 7) is 3.96. The first-order valence-corrected chi connectivity index (χ1v) is 6.85. The third-order valence-electron chi connectivity index (χ3n) is 3.68. The Balaban J connectivity index is 2.43. The van der Waals surface area contributed by atoms with Crippen LogP contribution in [0.5, 0.6) is 5.75 Å². The lowest BCUT2D eigenvalue weighted by molar-refractivity contribution is 0.112. The van der Waals surface area contributed by atoms with Crippen LogP contribution in [0.2, 0.25) is 0 Å². The van der Waals surface area contributed by atoms with Crippen LogP contribution in [0.4, 0.5) is 0 Å². The van der Waals surface area contributed by atoms with E-state index < -0.39 is 0 Å². The summed E-state index contributed by atoms with van der Waals surface area (Å²) >= 11 is 0. The number of aromatic nitrogens is 1. The summed E-state index contributed by atoms with van der Waals surface area (Å²) in [5, 5.41) is 0.974. The van der Waals surface area contributed by atoms with Gasteiger partial charge in [-0.2, -0.15) is 0 Å². The van der Waals surface area contributed by atoms with Crippen molar-refractivity contribution in [3.63, 3.8) is 0 Å². The number of aldehydes is 1. The van der Waals surface area contributed by atoms with Gasteiger partial charge in [-0.15, -0.1) is 0 Å². The normalized spacial score (nSPS) is 11.2. The third kappa shape index (κ3) is 2.70. The molecule has 0 spiro atoms. The molecule has 0 saturated heterocycles. The molecule has 4 heteroatoms. The predicted molar refractivity (Wildman–Crippen MR) is 81.8 cm³/mol. The summed E-state index contributed by atoms with van der Waals surface area (Å²) in [7, 11) is 5.79. The minimum absolute atomic E-state index is 0.767. The second-order valence-electron chi connectivity index (χ2n) is 5.31. The van der Waals surface area contributed by atoms with Gasteiger partial charge in [-0.1, -0.05) is 0 Å². The summed E-state index contributed by atoms with van der Waals surface area (Å²) in [5.41, 5.74) is 2.90. The van der Waals surface area contributed by atoms with E-state index in [9.17, 15) is 4.79 Å². The Morgan fingerprint density at radius 2 is 2.10 bits per heavy atom. The highest BCUT2D eigenvalue weighted by Crippen LogP contribution is 2.28. The van der Waals surface area contributed by atoms with Crippen LogP contribution in [-0.2, 0) is 6.54 Å². The van der Waals surface area contributed by atoms with Crippen molar-refractivity contribution in [3.05, 3.63) is 29.5 Å². The number of ether oxygens (including phenoxy) is 1. The molecule has 0 aliphatic heterocycles. The molecule has 2 rings (SSSR count).